The van der Waals surface area contributed by atoms with E-state index in [1.807, 2.05) is 42.5 Å². The fraction of sp³-hybridized carbons (Fsp3) is 0.118. The van der Waals surface area contributed by atoms with Crippen LogP contribution in [0.2, 0.25) is 0 Å². The van der Waals surface area contributed by atoms with E-state index in [1.165, 1.54) is 6.08 Å². The summed E-state index contributed by atoms with van der Waals surface area (Å²) in [6, 6.07) is 17.0. The van der Waals surface area contributed by atoms with E-state index < -0.39 is 6.09 Å². The van der Waals surface area contributed by atoms with Crippen LogP contribution in [0.25, 0.3) is 0 Å². The number of nitrogens with one attached hydrogen (secondary N) is 1. The van der Waals surface area contributed by atoms with E-state index in [-0.39, 0.29) is 6.61 Å². The molecule has 21 heavy (non-hydrogen) atoms. The molecule has 2 rings (SSSR count). The van der Waals surface area contributed by atoms with Gasteiger partial charge in [-0.15, -0.1) is 0 Å². The van der Waals surface area contributed by atoms with Crippen molar-refractivity contribution in [3.8, 4) is 5.75 Å². The van der Waals surface area contributed by atoms with Gasteiger partial charge < -0.3 is 9.47 Å². The Morgan fingerprint density at radius 2 is 1.81 bits per heavy atom. The summed E-state index contributed by atoms with van der Waals surface area (Å²) in [5.74, 6) is 0.827. The smallest absolute Gasteiger partial charge is 0.411 e. The maximum atomic E-state index is 11.4. The first-order chi connectivity index (χ1) is 10.3. The number of amides is 1. The van der Waals surface area contributed by atoms with Crippen LogP contribution < -0.4 is 10.1 Å². The van der Waals surface area contributed by atoms with Crippen molar-refractivity contribution >= 4 is 11.8 Å². The van der Waals surface area contributed by atoms with Crippen LogP contribution in [0.1, 0.15) is 5.56 Å². The normalized spacial score (nSPS) is 9.71. The van der Waals surface area contributed by atoms with Crippen LogP contribution in [0, 0.1) is 0 Å². The molecule has 108 valence electrons. The Kier molecular flexibility index (Phi) is 5.41. The Bertz CT molecular complexity index is 579. The Balaban J connectivity index is 1.84. The minimum absolute atomic E-state index is 0.189. The first kappa shape index (κ1) is 14.7. The summed E-state index contributed by atoms with van der Waals surface area (Å²) < 4.78 is 10.5. The first-order valence-electron chi connectivity index (χ1n) is 6.59. The van der Waals surface area contributed by atoms with Crippen LogP contribution in [0.5, 0.6) is 5.75 Å². The highest BCUT2D eigenvalue weighted by atomic mass is 16.5. The summed E-state index contributed by atoms with van der Waals surface area (Å²) >= 11 is 0. The molecule has 0 bridgehead atoms. The molecule has 0 aliphatic heterocycles. The Morgan fingerprint density at radius 3 is 2.48 bits per heavy atom. The zero-order valence-electron chi connectivity index (χ0n) is 11.6. The number of para-hydroxylation sites is 1. The van der Waals surface area contributed by atoms with Crippen LogP contribution in [0.3, 0.4) is 0 Å². The molecule has 0 unspecified atom stereocenters. The third-order valence-corrected chi connectivity index (χ3v) is 2.68. The molecule has 4 heteroatoms. The highest BCUT2D eigenvalue weighted by Crippen LogP contribution is 2.14. The first-order valence-corrected chi connectivity index (χ1v) is 6.59. The Morgan fingerprint density at radius 1 is 1.10 bits per heavy atom. The fourth-order valence-corrected chi connectivity index (χ4v) is 1.66. The highest BCUT2D eigenvalue weighted by Gasteiger charge is 2.02. The van der Waals surface area contributed by atoms with Crippen molar-refractivity contribution in [2.45, 2.75) is 6.61 Å². The maximum absolute atomic E-state index is 11.4. The summed E-state index contributed by atoms with van der Waals surface area (Å²) in [5.41, 5.74) is 1.69. The SMILES string of the molecule is C=CCOC(=O)Nc1ccc(COc2ccccc2)cc1. The van der Waals surface area contributed by atoms with Crippen LogP contribution in [0.15, 0.2) is 67.3 Å². The number of anilines is 1. The molecule has 0 radical (unpaired) electrons. The quantitative estimate of drug-likeness (QED) is 0.815. The van der Waals surface area contributed by atoms with Crippen LogP contribution >= 0.6 is 0 Å². The van der Waals surface area contributed by atoms with E-state index in [9.17, 15) is 4.79 Å². The number of ether oxygens (including phenoxy) is 2. The van der Waals surface area contributed by atoms with Crippen molar-refractivity contribution in [3.63, 3.8) is 0 Å². The Hall–Kier alpha value is -2.75. The molecule has 0 spiro atoms. The second kappa shape index (κ2) is 7.75. The Labute approximate surface area is 124 Å². The number of carbonyl (C=O) groups is 1. The summed E-state index contributed by atoms with van der Waals surface area (Å²) in [5, 5.41) is 2.63. The molecule has 0 heterocycles. The third kappa shape index (κ3) is 5.03. The number of benzene rings is 2. The van der Waals surface area contributed by atoms with Crippen molar-refractivity contribution < 1.29 is 14.3 Å². The topological polar surface area (TPSA) is 47.6 Å². The fourth-order valence-electron chi connectivity index (χ4n) is 1.66. The van der Waals surface area contributed by atoms with E-state index in [0.29, 0.717) is 12.3 Å². The zero-order chi connectivity index (χ0) is 14.9. The molecule has 0 saturated carbocycles. The van der Waals surface area contributed by atoms with Crippen molar-refractivity contribution in [1.29, 1.82) is 0 Å². The lowest BCUT2D eigenvalue weighted by atomic mass is 10.2. The van der Waals surface area contributed by atoms with Gasteiger partial charge in [-0.25, -0.2) is 4.79 Å². The minimum atomic E-state index is -0.497. The molecule has 4 nitrogen and oxygen atoms in total. The van der Waals surface area contributed by atoms with E-state index in [1.54, 1.807) is 12.1 Å². The number of carbonyl (C=O) groups excluding carboxylic acids is 1. The monoisotopic (exact) mass is 283 g/mol. The maximum Gasteiger partial charge on any atom is 0.411 e. The summed E-state index contributed by atoms with van der Waals surface area (Å²) in [6.07, 6.45) is 1.02. The van der Waals surface area contributed by atoms with E-state index in [4.69, 9.17) is 9.47 Å². The zero-order valence-corrected chi connectivity index (χ0v) is 11.6. The average molecular weight is 283 g/mol. The van der Waals surface area contributed by atoms with Crippen LogP contribution in [0.4, 0.5) is 10.5 Å². The summed E-state index contributed by atoms with van der Waals surface area (Å²) in [7, 11) is 0. The second-order valence-electron chi connectivity index (χ2n) is 4.31. The molecule has 1 N–H and O–H groups in total. The molecule has 2 aromatic carbocycles. The van der Waals surface area contributed by atoms with Crippen LogP contribution in [-0.4, -0.2) is 12.7 Å². The van der Waals surface area contributed by atoms with Gasteiger partial charge in [0.25, 0.3) is 0 Å². The number of hydrogen-bond donors (Lipinski definition) is 1. The van der Waals surface area contributed by atoms with Gasteiger partial charge in [0.1, 0.15) is 19.0 Å². The number of hydrogen-bond acceptors (Lipinski definition) is 3. The van der Waals surface area contributed by atoms with Gasteiger partial charge in [-0.3, -0.25) is 5.32 Å². The van der Waals surface area contributed by atoms with Crippen molar-refractivity contribution in [3.05, 3.63) is 72.8 Å². The molecule has 2 aromatic rings. The molecule has 0 aliphatic rings. The van der Waals surface area contributed by atoms with Crippen LogP contribution in [-0.2, 0) is 11.3 Å². The van der Waals surface area contributed by atoms with Gasteiger partial charge in [0.2, 0.25) is 0 Å². The van der Waals surface area contributed by atoms with E-state index >= 15 is 0 Å². The molecule has 0 atom stereocenters. The van der Waals surface area contributed by atoms with Crippen molar-refractivity contribution in [2.24, 2.45) is 0 Å². The molecule has 0 fully saturated rings. The standard InChI is InChI=1S/C17H17NO3/c1-2-12-20-17(19)18-15-10-8-14(9-11-15)13-21-16-6-4-3-5-7-16/h2-11H,1,12-13H2,(H,18,19). The lowest BCUT2D eigenvalue weighted by Crippen LogP contribution is -2.13. The van der Waals surface area contributed by atoms with Gasteiger partial charge in [0, 0.05) is 5.69 Å². The van der Waals surface area contributed by atoms with Gasteiger partial charge in [-0.05, 0) is 29.8 Å². The van der Waals surface area contributed by atoms with Crippen molar-refractivity contribution in [1.82, 2.24) is 0 Å². The van der Waals surface area contributed by atoms with E-state index in [0.717, 1.165) is 11.3 Å². The van der Waals surface area contributed by atoms with Gasteiger partial charge in [-0.2, -0.15) is 0 Å². The summed E-state index contributed by atoms with van der Waals surface area (Å²) in [4.78, 5) is 11.4. The second-order valence-corrected chi connectivity index (χ2v) is 4.31. The van der Waals surface area contributed by atoms with Gasteiger partial charge in [-0.1, -0.05) is 43.0 Å². The molecular weight excluding hydrogens is 266 g/mol. The van der Waals surface area contributed by atoms with E-state index in [2.05, 4.69) is 11.9 Å². The largest absolute Gasteiger partial charge is 0.489 e. The average Bonchev–Trinajstić information content (AvgIpc) is 2.53. The van der Waals surface area contributed by atoms with Gasteiger partial charge >= 0.3 is 6.09 Å². The summed E-state index contributed by atoms with van der Waals surface area (Å²) in [6.45, 7) is 4.14. The molecule has 0 aliphatic carbocycles. The lowest BCUT2D eigenvalue weighted by molar-refractivity contribution is 0.174. The minimum Gasteiger partial charge on any atom is -0.489 e. The predicted molar refractivity (Wildman–Crippen MR) is 82.4 cm³/mol. The molecule has 1 amide bonds. The molecule has 0 aromatic heterocycles. The van der Waals surface area contributed by atoms with Crippen molar-refractivity contribution in [2.75, 3.05) is 11.9 Å². The third-order valence-electron chi connectivity index (χ3n) is 2.68. The molecular formula is C17H17NO3. The van der Waals surface area contributed by atoms with Gasteiger partial charge in [0.15, 0.2) is 0 Å². The lowest BCUT2D eigenvalue weighted by Gasteiger charge is -2.08. The highest BCUT2D eigenvalue weighted by molar-refractivity contribution is 5.84. The predicted octanol–water partition coefficient (Wildman–Crippen LogP) is 4.00. The van der Waals surface area contributed by atoms with Gasteiger partial charge in [0.05, 0.1) is 0 Å². The number of rotatable bonds is 6. The molecule has 0 saturated heterocycles.